The third-order valence-electron chi connectivity index (χ3n) is 4.06. The molecular weight excluding hydrogens is 369 g/mol. The Balaban J connectivity index is 1.76. The minimum atomic E-state index is -0.232. The number of carbonyl (C=O) groups is 1. The first-order valence-corrected chi connectivity index (χ1v) is 9.85. The number of halogens is 2. The molecular formula is C21H25Cl2NO2. The van der Waals surface area contributed by atoms with Crippen molar-refractivity contribution < 1.29 is 9.53 Å². The summed E-state index contributed by atoms with van der Waals surface area (Å²) in [5.41, 5.74) is 1.16. The summed E-state index contributed by atoms with van der Waals surface area (Å²) >= 11 is 11.8. The maximum atomic E-state index is 12.2. The summed E-state index contributed by atoms with van der Waals surface area (Å²) in [6.07, 6.45) is 7.44. The van der Waals surface area contributed by atoms with Crippen LogP contribution in [0.5, 0.6) is 5.75 Å². The maximum absolute atomic E-state index is 12.2. The van der Waals surface area contributed by atoms with Crippen LogP contribution in [0, 0.1) is 0 Å². The molecule has 2 aromatic carbocycles. The van der Waals surface area contributed by atoms with Gasteiger partial charge in [0.05, 0.1) is 16.7 Å². The van der Waals surface area contributed by atoms with Crippen LogP contribution in [0.15, 0.2) is 42.5 Å². The molecule has 0 aliphatic carbocycles. The lowest BCUT2D eigenvalue weighted by atomic mass is 10.1. The Hall–Kier alpha value is -1.71. The van der Waals surface area contributed by atoms with Crippen molar-refractivity contribution in [2.24, 2.45) is 0 Å². The molecule has 140 valence electrons. The minimum absolute atomic E-state index is 0.232. The largest absolute Gasteiger partial charge is 0.494 e. The summed E-state index contributed by atoms with van der Waals surface area (Å²) in [6, 6.07) is 12.2. The lowest BCUT2D eigenvalue weighted by Gasteiger charge is -2.09. The second-order valence-electron chi connectivity index (χ2n) is 6.22. The highest BCUT2D eigenvalue weighted by Gasteiger charge is 2.08. The molecule has 3 nitrogen and oxygen atoms in total. The summed E-state index contributed by atoms with van der Waals surface area (Å²) in [7, 11) is 0. The van der Waals surface area contributed by atoms with Gasteiger partial charge in [-0.3, -0.25) is 4.79 Å². The van der Waals surface area contributed by atoms with Gasteiger partial charge >= 0.3 is 0 Å². The molecule has 0 saturated carbocycles. The number of amides is 1. The quantitative estimate of drug-likeness (QED) is 0.441. The Kier molecular flexibility index (Phi) is 8.79. The summed E-state index contributed by atoms with van der Waals surface area (Å²) in [5.74, 6) is 0.579. The van der Waals surface area contributed by atoms with Crippen molar-refractivity contribution in [2.75, 3.05) is 11.9 Å². The van der Waals surface area contributed by atoms with E-state index in [0.717, 1.165) is 18.8 Å². The second kappa shape index (κ2) is 11.1. The van der Waals surface area contributed by atoms with Crippen LogP contribution >= 0.6 is 23.2 Å². The number of ether oxygens (including phenoxy) is 1. The van der Waals surface area contributed by atoms with E-state index in [0.29, 0.717) is 21.3 Å². The number of rotatable bonds is 10. The molecule has 0 atom stereocenters. The second-order valence-corrected chi connectivity index (χ2v) is 7.04. The molecule has 0 fully saturated rings. The zero-order valence-electron chi connectivity index (χ0n) is 15.1. The molecule has 0 heterocycles. The van der Waals surface area contributed by atoms with Gasteiger partial charge in [-0.05, 0) is 48.9 Å². The van der Waals surface area contributed by atoms with Gasteiger partial charge in [0.25, 0.3) is 5.91 Å². The van der Waals surface area contributed by atoms with Gasteiger partial charge in [-0.15, -0.1) is 0 Å². The first kappa shape index (κ1) is 20.6. The fourth-order valence-corrected chi connectivity index (χ4v) is 2.85. The van der Waals surface area contributed by atoms with Crippen molar-refractivity contribution in [1.82, 2.24) is 0 Å². The van der Waals surface area contributed by atoms with E-state index in [4.69, 9.17) is 27.9 Å². The predicted molar refractivity (Wildman–Crippen MR) is 110 cm³/mol. The van der Waals surface area contributed by atoms with Crippen LogP contribution in [-0.2, 0) is 0 Å². The number of nitrogens with one attached hydrogen (secondary N) is 1. The topological polar surface area (TPSA) is 38.3 Å². The minimum Gasteiger partial charge on any atom is -0.494 e. The van der Waals surface area contributed by atoms with Crippen molar-refractivity contribution in [2.45, 2.75) is 45.4 Å². The summed E-state index contributed by atoms with van der Waals surface area (Å²) < 4.78 is 5.74. The molecule has 26 heavy (non-hydrogen) atoms. The van der Waals surface area contributed by atoms with Crippen LogP contribution in [0.1, 0.15) is 55.8 Å². The Bertz CT molecular complexity index is 702. The highest BCUT2D eigenvalue weighted by molar-refractivity contribution is 6.42. The molecule has 2 aromatic rings. The molecule has 0 saturated heterocycles. The Morgan fingerprint density at radius 2 is 1.62 bits per heavy atom. The fraction of sp³-hybridized carbons (Fsp3) is 0.381. The third-order valence-corrected chi connectivity index (χ3v) is 4.80. The van der Waals surface area contributed by atoms with Crippen LogP contribution in [0.4, 0.5) is 5.69 Å². The number of unbranched alkanes of at least 4 members (excludes halogenated alkanes) is 5. The molecule has 2 rings (SSSR count). The van der Waals surface area contributed by atoms with Crippen molar-refractivity contribution in [1.29, 1.82) is 0 Å². The van der Waals surface area contributed by atoms with Gasteiger partial charge < -0.3 is 10.1 Å². The average molecular weight is 394 g/mol. The highest BCUT2D eigenvalue weighted by atomic mass is 35.5. The third kappa shape index (κ3) is 6.89. The van der Waals surface area contributed by atoms with Crippen LogP contribution in [-0.4, -0.2) is 12.5 Å². The normalized spacial score (nSPS) is 10.6. The molecule has 1 N–H and O–H groups in total. The lowest BCUT2D eigenvalue weighted by molar-refractivity contribution is 0.102. The maximum Gasteiger partial charge on any atom is 0.255 e. The van der Waals surface area contributed by atoms with E-state index in [9.17, 15) is 4.79 Å². The predicted octanol–water partition coefficient (Wildman–Crippen LogP) is 6.99. The van der Waals surface area contributed by atoms with Gasteiger partial charge in [0.15, 0.2) is 0 Å². The van der Waals surface area contributed by atoms with Crippen LogP contribution < -0.4 is 10.1 Å². The van der Waals surface area contributed by atoms with Gasteiger partial charge in [0, 0.05) is 11.3 Å². The first-order valence-electron chi connectivity index (χ1n) is 9.09. The van der Waals surface area contributed by atoms with Crippen molar-refractivity contribution in [3.8, 4) is 5.75 Å². The highest BCUT2D eigenvalue weighted by Crippen LogP contribution is 2.23. The molecule has 0 bridgehead atoms. The van der Waals surface area contributed by atoms with Crippen molar-refractivity contribution in [3.05, 3.63) is 58.1 Å². The molecule has 5 heteroatoms. The molecule has 0 aliphatic rings. The smallest absolute Gasteiger partial charge is 0.255 e. The number of carbonyl (C=O) groups excluding carboxylic acids is 1. The van der Waals surface area contributed by atoms with Gasteiger partial charge in [0.2, 0.25) is 0 Å². The van der Waals surface area contributed by atoms with Gasteiger partial charge in [-0.1, -0.05) is 62.2 Å². The number of anilines is 1. The SMILES string of the molecule is CCCCCCCCOc1ccc(NC(=O)c2ccc(Cl)c(Cl)c2)cc1. The molecule has 0 spiro atoms. The van der Waals surface area contributed by atoms with Crippen LogP contribution in [0.3, 0.4) is 0 Å². The summed E-state index contributed by atoms with van der Waals surface area (Å²) in [5, 5.41) is 3.62. The summed E-state index contributed by atoms with van der Waals surface area (Å²) in [4.78, 5) is 12.2. The van der Waals surface area contributed by atoms with E-state index >= 15 is 0 Å². The van der Waals surface area contributed by atoms with Gasteiger partial charge in [-0.25, -0.2) is 0 Å². The van der Waals surface area contributed by atoms with E-state index in [1.54, 1.807) is 18.2 Å². The molecule has 0 aliphatic heterocycles. The lowest BCUT2D eigenvalue weighted by Crippen LogP contribution is -2.11. The van der Waals surface area contributed by atoms with Crippen LogP contribution in [0.25, 0.3) is 0 Å². The zero-order chi connectivity index (χ0) is 18.8. The number of hydrogen-bond donors (Lipinski definition) is 1. The van der Waals surface area contributed by atoms with Gasteiger partial charge in [-0.2, -0.15) is 0 Å². The summed E-state index contributed by atoms with van der Waals surface area (Å²) in [6.45, 7) is 2.95. The molecule has 1 amide bonds. The Morgan fingerprint density at radius 3 is 2.31 bits per heavy atom. The zero-order valence-corrected chi connectivity index (χ0v) is 16.6. The number of hydrogen-bond acceptors (Lipinski definition) is 2. The van der Waals surface area contributed by atoms with Crippen LogP contribution in [0.2, 0.25) is 10.0 Å². The van der Waals surface area contributed by atoms with E-state index < -0.39 is 0 Å². The van der Waals surface area contributed by atoms with E-state index in [-0.39, 0.29) is 5.91 Å². The molecule has 0 aromatic heterocycles. The molecule has 0 unspecified atom stereocenters. The average Bonchev–Trinajstić information content (AvgIpc) is 2.64. The number of benzene rings is 2. The standard InChI is InChI=1S/C21H25Cl2NO2/c1-2-3-4-5-6-7-14-26-18-11-9-17(10-12-18)24-21(25)16-8-13-19(22)20(23)15-16/h8-13,15H,2-7,14H2,1H3,(H,24,25). The van der Waals surface area contributed by atoms with E-state index in [2.05, 4.69) is 12.2 Å². The molecule has 0 radical (unpaired) electrons. The fourth-order valence-electron chi connectivity index (χ4n) is 2.55. The van der Waals surface area contributed by atoms with E-state index in [1.807, 2.05) is 24.3 Å². The Morgan fingerprint density at radius 1 is 0.923 bits per heavy atom. The Labute approximate surface area is 165 Å². The van der Waals surface area contributed by atoms with E-state index in [1.165, 1.54) is 32.1 Å². The van der Waals surface area contributed by atoms with Crippen molar-refractivity contribution in [3.63, 3.8) is 0 Å². The monoisotopic (exact) mass is 393 g/mol. The van der Waals surface area contributed by atoms with Gasteiger partial charge in [0.1, 0.15) is 5.75 Å². The first-order chi connectivity index (χ1) is 12.6. The van der Waals surface area contributed by atoms with Crippen molar-refractivity contribution >= 4 is 34.8 Å².